The normalized spacial score (nSPS) is 14.7. The highest BCUT2D eigenvalue weighted by molar-refractivity contribution is 7.99. The van der Waals surface area contributed by atoms with Crippen molar-refractivity contribution in [2.45, 2.75) is 26.3 Å². The fourth-order valence-corrected chi connectivity index (χ4v) is 4.18. The van der Waals surface area contributed by atoms with Crippen molar-refractivity contribution in [1.29, 1.82) is 0 Å². The summed E-state index contributed by atoms with van der Waals surface area (Å²) in [6.07, 6.45) is 0.417. The molecule has 1 N–H and O–H groups in total. The number of benzene rings is 2. The van der Waals surface area contributed by atoms with Crippen LogP contribution in [0.4, 0.5) is 5.69 Å². The number of nitrogens with one attached hydrogen (secondary N) is 1. The van der Waals surface area contributed by atoms with Crippen LogP contribution in [0.2, 0.25) is 0 Å². The molecule has 3 rings (SSSR count). The largest absolute Gasteiger partial charge is 0.326 e. The SMILES string of the molecule is Cc1c(CN2CCSCC2)cccc1NC(=O)CCC(=O)c1ccccc1. The zero-order valence-electron chi connectivity index (χ0n) is 15.7. The molecular formula is C22H26N2O2S. The Labute approximate surface area is 165 Å². The fraction of sp³-hybridized carbons (Fsp3) is 0.364. The van der Waals surface area contributed by atoms with Gasteiger partial charge in [-0.2, -0.15) is 11.8 Å². The summed E-state index contributed by atoms with van der Waals surface area (Å²) in [6.45, 7) is 5.20. The van der Waals surface area contributed by atoms with Gasteiger partial charge < -0.3 is 5.32 Å². The third kappa shape index (κ3) is 5.68. The van der Waals surface area contributed by atoms with Crippen LogP contribution in [0.1, 0.15) is 34.3 Å². The Balaban J connectivity index is 1.55. The highest BCUT2D eigenvalue weighted by Crippen LogP contribution is 2.22. The van der Waals surface area contributed by atoms with Crippen molar-refractivity contribution < 1.29 is 9.59 Å². The van der Waals surface area contributed by atoms with Gasteiger partial charge in [0.1, 0.15) is 0 Å². The number of carbonyl (C=O) groups is 2. The van der Waals surface area contributed by atoms with Crippen molar-refractivity contribution in [3.8, 4) is 0 Å². The summed E-state index contributed by atoms with van der Waals surface area (Å²) in [5.74, 6) is 2.25. The molecule has 2 aromatic rings. The predicted octanol–water partition coefficient (Wildman–Crippen LogP) is 4.15. The van der Waals surface area contributed by atoms with E-state index < -0.39 is 0 Å². The van der Waals surface area contributed by atoms with E-state index in [0.29, 0.717) is 5.56 Å². The van der Waals surface area contributed by atoms with Crippen LogP contribution < -0.4 is 5.32 Å². The van der Waals surface area contributed by atoms with E-state index in [1.807, 2.05) is 42.1 Å². The second kappa shape index (κ2) is 9.72. The molecule has 0 bridgehead atoms. The summed E-state index contributed by atoms with van der Waals surface area (Å²) in [5, 5.41) is 2.98. The quantitative estimate of drug-likeness (QED) is 0.731. The summed E-state index contributed by atoms with van der Waals surface area (Å²) in [5.41, 5.74) is 3.86. The molecule has 5 heteroatoms. The zero-order valence-corrected chi connectivity index (χ0v) is 16.6. The number of Topliss-reactive ketones (excluding diaryl/α,β-unsaturated/α-hetero) is 1. The Morgan fingerprint density at radius 1 is 1.00 bits per heavy atom. The molecule has 0 aliphatic carbocycles. The van der Waals surface area contributed by atoms with Crippen molar-refractivity contribution in [3.05, 3.63) is 65.2 Å². The van der Waals surface area contributed by atoms with E-state index in [-0.39, 0.29) is 24.5 Å². The van der Waals surface area contributed by atoms with E-state index in [4.69, 9.17) is 0 Å². The van der Waals surface area contributed by atoms with E-state index in [1.54, 1.807) is 12.1 Å². The lowest BCUT2D eigenvalue weighted by Crippen LogP contribution is -2.32. The second-order valence-electron chi connectivity index (χ2n) is 6.82. The van der Waals surface area contributed by atoms with Crippen LogP contribution in [0.3, 0.4) is 0 Å². The van der Waals surface area contributed by atoms with Gasteiger partial charge in [-0.1, -0.05) is 42.5 Å². The summed E-state index contributed by atoms with van der Waals surface area (Å²) in [6, 6.07) is 15.2. The van der Waals surface area contributed by atoms with Gasteiger partial charge in [0.2, 0.25) is 5.91 Å². The number of hydrogen-bond donors (Lipinski definition) is 1. The standard InChI is InChI=1S/C22H26N2O2S/c1-17-19(16-24-12-14-27-15-13-24)8-5-9-20(17)23-22(26)11-10-21(25)18-6-3-2-4-7-18/h2-9H,10-16H2,1H3,(H,23,26). The average Bonchev–Trinajstić information content (AvgIpc) is 2.70. The first-order chi connectivity index (χ1) is 13.1. The number of carbonyl (C=O) groups excluding carboxylic acids is 2. The minimum atomic E-state index is -0.117. The van der Waals surface area contributed by atoms with Crippen LogP contribution in [-0.2, 0) is 11.3 Å². The minimum Gasteiger partial charge on any atom is -0.326 e. The van der Waals surface area contributed by atoms with Crippen LogP contribution in [0.5, 0.6) is 0 Å². The van der Waals surface area contributed by atoms with E-state index in [1.165, 1.54) is 17.1 Å². The first-order valence-electron chi connectivity index (χ1n) is 9.40. The lowest BCUT2D eigenvalue weighted by molar-refractivity contribution is -0.116. The topological polar surface area (TPSA) is 49.4 Å². The van der Waals surface area contributed by atoms with Crippen LogP contribution in [0, 0.1) is 6.92 Å². The van der Waals surface area contributed by atoms with Gasteiger partial charge in [-0.25, -0.2) is 0 Å². The molecule has 1 aliphatic heterocycles. The third-order valence-electron chi connectivity index (χ3n) is 4.89. The van der Waals surface area contributed by atoms with Gasteiger partial charge in [-0.15, -0.1) is 0 Å². The van der Waals surface area contributed by atoms with Gasteiger partial charge in [0, 0.05) is 55.2 Å². The number of anilines is 1. The Hall–Kier alpha value is -2.11. The fourth-order valence-electron chi connectivity index (χ4n) is 3.20. The van der Waals surface area contributed by atoms with Crippen molar-refractivity contribution in [1.82, 2.24) is 4.90 Å². The molecule has 0 unspecified atom stereocenters. The van der Waals surface area contributed by atoms with Crippen molar-refractivity contribution >= 4 is 29.1 Å². The van der Waals surface area contributed by atoms with E-state index >= 15 is 0 Å². The number of hydrogen-bond acceptors (Lipinski definition) is 4. The molecule has 4 nitrogen and oxygen atoms in total. The van der Waals surface area contributed by atoms with Crippen LogP contribution in [0.25, 0.3) is 0 Å². The van der Waals surface area contributed by atoms with Crippen LogP contribution in [0.15, 0.2) is 48.5 Å². The van der Waals surface area contributed by atoms with Crippen molar-refractivity contribution in [3.63, 3.8) is 0 Å². The molecule has 27 heavy (non-hydrogen) atoms. The van der Waals surface area contributed by atoms with Crippen molar-refractivity contribution in [2.24, 2.45) is 0 Å². The summed E-state index contributed by atoms with van der Waals surface area (Å²) >= 11 is 2.00. The number of rotatable bonds is 7. The van der Waals surface area contributed by atoms with E-state index in [0.717, 1.165) is 30.9 Å². The lowest BCUT2D eigenvalue weighted by atomic mass is 10.0. The number of ketones is 1. The third-order valence-corrected chi connectivity index (χ3v) is 5.84. The first-order valence-corrected chi connectivity index (χ1v) is 10.6. The lowest BCUT2D eigenvalue weighted by Gasteiger charge is -2.27. The van der Waals surface area contributed by atoms with Gasteiger partial charge in [-0.3, -0.25) is 14.5 Å². The average molecular weight is 383 g/mol. The Bertz CT molecular complexity index is 786. The maximum Gasteiger partial charge on any atom is 0.224 e. The van der Waals surface area contributed by atoms with Crippen LogP contribution >= 0.6 is 11.8 Å². The first kappa shape index (κ1) is 19.6. The number of amides is 1. The summed E-state index contributed by atoms with van der Waals surface area (Å²) < 4.78 is 0. The van der Waals surface area contributed by atoms with E-state index in [9.17, 15) is 9.59 Å². The highest BCUT2D eigenvalue weighted by atomic mass is 32.2. The molecule has 0 saturated carbocycles. The molecule has 0 radical (unpaired) electrons. The summed E-state index contributed by atoms with van der Waals surface area (Å²) in [4.78, 5) is 26.9. The highest BCUT2D eigenvalue weighted by Gasteiger charge is 2.14. The van der Waals surface area contributed by atoms with Gasteiger partial charge in [0.25, 0.3) is 0 Å². The molecule has 1 amide bonds. The molecule has 0 aromatic heterocycles. The Kier molecular flexibility index (Phi) is 7.07. The monoisotopic (exact) mass is 382 g/mol. The Morgan fingerprint density at radius 3 is 2.48 bits per heavy atom. The van der Waals surface area contributed by atoms with Gasteiger partial charge >= 0.3 is 0 Å². The molecule has 142 valence electrons. The smallest absolute Gasteiger partial charge is 0.224 e. The molecular weight excluding hydrogens is 356 g/mol. The van der Waals surface area contributed by atoms with Gasteiger partial charge in [-0.05, 0) is 24.1 Å². The Morgan fingerprint density at radius 2 is 1.74 bits per heavy atom. The number of thioether (sulfide) groups is 1. The molecule has 0 spiro atoms. The molecule has 1 saturated heterocycles. The molecule has 1 fully saturated rings. The van der Waals surface area contributed by atoms with Crippen LogP contribution in [-0.4, -0.2) is 41.2 Å². The van der Waals surface area contributed by atoms with Gasteiger partial charge in [0.05, 0.1) is 0 Å². The number of nitrogens with zero attached hydrogens (tertiary/aromatic N) is 1. The molecule has 0 atom stereocenters. The molecule has 1 heterocycles. The molecule has 1 aliphatic rings. The summed E-state index contributed by atoms with van der Waals surface area (Å²) in [7, 11) is 0. The second-order valence-corrected chi connectivity index (χ2v) is 8.04. The molecule has 2 aromatic carbocycles. The predicted molar refractivity (Wildman–Crippen MR) is 112 cm³/mol. The minimum absolute atomic E-state index is 0.000749. The van der Waals surface area contributed by atoms with E-state index in [2.05, 4.69) is 23.2 Å². The zero-order chi connectivity index (χ0) is 19.1. The van der Waals surface area contributed by atoms with Gasteiger partial charge in [0.15, 0.2) is 5.78 Å². The van der Waals surface area contributed by atoms with Crippen molar-refractivity contribution in [2.75, 3.05) is 29.9 Å². The maximum absolute atomic E-state index is 12.3. The maximum atomic E-state index is 12.3.